The number of rotatable bonds is 8. The molecule has 0 aliphatic rings. The first-order valence-electron chi connectivity index (χ1n) is 6.38. The lowest BCUT2D eigenvalue weighted by Crippen LogP contribution is -2.31. The molecule has 1 amide bonds. The van der Waals surface area contributed by atoms with Gasteiger partial charge in [0.25, 0.3) is 11.6 Å². The fourth-order valence-corrected chi connectivity index (χ4v) is 1.48. The largest absolute Gasteiger partial charge is 0.452 e. The summed E-state index contributed by atoms with van der Waals surface area (Å²) in [7, 11) is 1.50. The van der Waals surface area contributed by atoms with Crippen molar-refractivity contribution in [2.45, 2.75) is 0 Å². The summed E-state index contributed by atoms with van der Waals surface area (Å²) in [6.45, 7) is 0.250. The number of carbonyl (C=O) groups is 2. The van der Waals surface area contributed by atoms with Crippen LogP contribution in [0.1, 0.15) is 5.56 Å². The minimum atomic E-state index is -0.764. The van der Waals surface area contributed by atoms with Crippen molar-refractivity contribution in [2.75, 3.05) is 26.9 Å². The van der Waals surface area contributed by atoms with E-state index in [9.17, 15) is 19.7 Å². The Labute approximate surface area is 126 Å². The molecule has 0 aromatic heterocycles. The highest BCUT2D eigenvalue weighted by Crippen LogP contribution is 2.18. The van der Waals surface area contributed by atoms with Crippen LogP contribution < -0.4 is 5.32 Å². The quantitative estimate of drug-likeness (QED) is 0.251. The van der Waals surface area contributed by atoms with Crippen LogP contribution in [0.25, 0.3) is 6.08 Å². The number of nitro groups is 1. The molecule has 1 aromatic rings. The number of para-hydroxylation sites is 1. The topological polar surface area (TPSA) is 108 Å². The lowest BCUT2D eigenvalue weighted by atomic mass is 10.1. The Hall–Kier alpha value is -2.74. The van der Waals surface area contributed by atoms with E-state index in [0.29, 0.717) is 13.2 Å². The number of nitro benzene ring substituents is 1. The Bertz CT molecular complexity index is 570. The van der Waals surface area contributed by atoms with Crippen molar-refractivity contribution < 1.29 is 24.0 Å². The van der Waals surface area contributed by atoms with Crippen molar-refractivity contribution in [1.29, 1.82) is 0 Å². The summed E-state index contributed by atoms with van der Waals surface area (Å²) in [4.78, 5) is 33.0. The number of esters is 1. The van der Waals surface area contributed by atoms with E-state index in [4.69, 9.17) is 9.47 Å². The van der Waals surface area contributed by atoms with Gasteiger partial charge >= 0.3 is 5.97 Å². The van der Waals surface area contributed by atoms with Gasteiger partial charge in [0.2, 0.25) is 0 Å². The second-order valence-electron chi connectivity index (χ2n) is 4.10. The number of nitrogens with one attached hydrogen (secondary N) is 1. The second-order valence-corrected chi connectivity index (χ2v) is 4.10. The van der Waals surface area contributed by atoms with Crippen molar-refractivity contribution >= 4 is 23.6 Å². The number of hydrogen-bond donors (Lipinski definition) is 1. The second kappa shape index (κ2) is 9.24. The van der Waals surface area contributed by atoms with Crippen LogP contribution in [0.5, 0.6) is 0 Å². The molecule has 0 spiro atoms. The smallest absolute Gasteiger partial charge is 0.331 e. The molecule has 0 bridgehead atoms. The van der Waals surface area contributed by atoms with Crippen LogP contribution in [0.2, 0.25) is 0 Å². The molecule has 0 unspecified atom stereocenters. The Kier molecular flexibility index (Phi) is 7.27. The number of hydrogen-bond acceptors (Lipinski definition) is 6. The zero-order valence-electron chi connectivity index (χ0n) is 12.0. The van der Waals surface area contributed by atoms with Crippen molar-refractivity contribution in [3.63, 3.8) is 0 Å². The molecular formula is C14H16N2O6. The molecule has 1 N–H and O–H groups in total. The predicted octanol–water partition coefficient (Wildman–Crippen LogP) is 0.914. The molecule has 0 aliphatic heterocycles. The van der Waals surface area contributed by atoms with Gasteiger partial charge in [-0.3, -0.25) is 14.9 Å². The highest BCUT2D eigenvalue weighted by molar-refractivity contribution is 5.89. The maximum absolute atomic E-state index is 11.4. The Morgan fingerprint density at radius 3 is 2.77 bits per heavy atom. The van der Waals surface area contributed by atoms with E-state index in [1.165, 1.54) is 31.4 Å². The fourth-order valence-electron chi connectivity index (χ4n) is 1.48. The van der Waals surface area contributed by atoms with Gasteiger partial charge in [0.15, 0.2) is 6.61 Å². The molecule has 22 heavy (non-hydrogen) atoms. The minimum Gasteiger partial charge on any atom is -0.452 e. The summed E-state index contributed by atoms with van der Waals surface area (Å²) in [6.07, 6.45) is 2.30. The zero-order valence-corrected chi connectivity index (χ0v) is 12.0. The molecule has 0 heterocycles. The lowest BCUT2D eigenvalue weighted by molar-refractivity contribution is -0.385. The lowest BCUT2D eigenvalue weighted by Gasteiger charge is -2.04. The van der Waals surface area contributed by atoms with Crippen molar-refractivity contribution in [3.05, 3.63) is 46.0 Å². The van der Waals surface area contributed by atoms with E-state index in [-0.39, 0.29) is 11.3 Å². The fraction of sp³-hybridized carbons (Fsp3) is 0.286. The number of ether oxygens (including phenoxy) is 2. The monoisotopic (exact) mass is 308 g/mol. The van der Waals surface area contributed by atoms with Gasteiger partial charge in [0, 0.05) is 25.8 Å². The molecule has 1 aromatic carbocycles. The molecule has 0 saturated carbocycles. The molecule has 0 saturated heterocycles. The Morgan fingerprint density at radius 1 is 1.36 bits per heavy atom. The van der Waals surface area contributed by atoms with E-state index in [2.05, 4.69) is 5.32 Å². The SMILES string of the molecule is COCCNC(=O)COC(=O)/C=C/c1ccccc1[N+](=O)[O-]. The van der Waals surface area contributed by atoms with Crippen LogP contribution in [0, 0.1) is 10.1 Å². The first-order valence-corrected chi connectivity index (χ1v) is 6.38. The predicted molar refractivity (Wildman–Crippen MR) is 78.0 cm³/mol. The number of carbonyl (C=O) groups excluding carboxylic acids is 2. The normalized spacial score (nSPS) is 10.4. The maximum Gasteiger partial charge on any atom is 0.331 e. The Morgan fingerprint density at radius 2 is 2.09 bits per heavy atom. The van der Waals surface area contributed by atoms with Gasteiger partial charge in [-0.2, -0.15) is 0 Å². The zero-order chi connectivity index (χ0) is 16.4. The summed E-state index contributed by atoms with van der Waals surface area (Å²) in [5, 5.41) is 13.3. The standard InChI is InChI=1S/C14H16N2O6/c1-21-9-8-15-13(17)10-22-14(18)7-6-11-4-2-3-5-12(11)16(19)20/h2-7H,8-10H2,1H3,(H,15,17)/b7-6+. The third-order valence-corrected chi connectivity index (χ3v) is 2.51. The van der Waals surface area contributed by atoms with Crippen molar-refractivity contribution in [2.24, 2.45) is 0 Å². The van der Waals surface area contributed by atoms with E-state index in [1.54, 1.807) is 6.07 Å². The molecule has 0 atom stereocenters. The average molecular weight is 308 g/mol. The number of benzene rings is 1. The first-order chi connectivity index (χ1) is 10.5. The third-order valence-electron chi connectivity index (χ3n) is 2.51. The first kappa shape index (κ1) is 17.3. The highest BCUT2D eigenvalue weighted by atomic mass is 16.6. The van der Waals surface area contributed by atoms with E-state index < -0.39 is 23.4 Å². The molecule has 0 aliphatic carbocycles. The molecular weight excluding hydrogens is 292 g/mol. The van der Waals surface area contributed by atoms with E-state index in [0.717, 1.165) is 6.08 Å². The third kappa shape index (κ3) is 6.14. The summed E-state index contributed by atoms with van der Waals surface area (Å²) in [6, 6.07) is 5.97. The van der Waals surface area contributed by atoms with Crippen molar-refractivity contribution in [1.82, 2.24) is 5.32 Å². The number of methoxy groups -OCH3 is 1. The summed E-state index contributed by atoms with van der Waals surface area (Å²) < 4.78 is 9.46. The highest BCUT2D eigenvalue weighted by Gasteiger charge is 2.10. The van der Waals surface area contributed by atoms with Gasteiger partial charge in [0.1, 0.15) is 0 Å². The van der Waals surface area contributed by atoms with E-state index in [1.807, 2.05) is 0 Å². The molecule has 0 radical (unpaired) electrons. The maximum atomic E-state index is 11.4. The van der Waals surface area contributed by atoms with Crippen LogP contribution in [0.4, 0.5) is 5.69 Å². The van der Waals surface area contributed by atoms with Gasteiger partial charge in [-0.05, 0) is 12.1 Å². The van der Waals surface area contributed by atoms with E-state index >= 15 is 0 Å². The van der Waals surface area contributed by atoms with Gasteiger partial charge < -0.3 is 14.8 Å². The van der Waals surface area contributed by atoms with Crippen LogP contribution in [-0.2, 0) is 19.1 Å². The number of nitrogens with zero attached hydrogens (tertiary/aromatic N) is 1. The number of amides is 1. The van der Waals surface area contributed by atoms with Gasteiger partial charge in [-0.15, -0.1) is 0 Å². The molecule has 8 nitrogen and oxygen atoms in total. The minimum absolute atomic E-state index is 0.121. The van der Waals surface area contributed by atoms with Gasteiger partial charge in [-0.1, -0.05) is 12.1 Å². The molecule has 118 valence electrons. The van der Waals surface area contributed by atoms with Crippen LogP contribution in [0.3, 0.4) is 0 Å². The summed E-state index contributed by atoms with van der Waals surface area (Å²) >= 11 is 0. The van der Waals surface area contributed by atoms with Crippen LogP contribution in [-0.4, -0.2) is 43.7 Å². The van der Waals surface area contributed by atoms with Gasteiger partial charge in [-0.25, -0.2) is 4.79 Å². The summed E-state index contributed by atoms with van der Waals surface area (Å²) in [5.74, 6) is -1.22. The average Bonchev–Trinajstić information content (AvgIpc) is 2.51. The Balaban J connectivity index is 2.48. The van der Waals surface area contributed by atoms with Crippen LogP contribution >= 0.6 is 0 Å². The molecule has 1 rings (SSSR count). The van der Waals surface area contributed by atoms with Gasteiger partial charge in [0.05, 0.1) is 17.1 Å². The molecule has 0 fully saturated rings. The van der Waals surface area contributed by atoms with Crippen molar-refractivity contribution in [3.8, 4) is 0 Å². The van der Waals surface area contributed by atoms with Crippen LogP contribution in [0.15, 0.2) is 30.3 Å². The summed E-state index contributed by atoms with van der Waals surface area (Å²) in [5.41, 5.74) is 0.151. The molecule has 8 heteroatoms.